The molecule has 2 aromatic rings. The number of hydrogen-bond acceptors (Lipinski definition) is 7. The summed E-state index contributed by atoms with van der Waals surface area (Å²) in [6, 6.07) is 15.6. The molecule has 4 atom stereocenters. The minimum absolute atomic E-state index is 0.117. The number of hydrazone groups is 1. The van der Waals surface area contributed by atoms with Crippen molar-refractivity contribution in [1.82, 2.24) is 0 Å². The monoisotopic (exact) mass is 508 g/mol. The first-order valence-corrected chi connectivity index (χ1v) is 16.4. The number of nitrogens with zero attached hydrogens (tertiary/aromatic N) is 1. The quantitative estimate of drug-likeness (QED) is 0.263. The summed E-state index contributed by atoms with van der Waals surface area (Å²) >= 11 is 0. The molecule has 0 amide bonds. The fourth-order valence-corrected chi connectivity index (χ4v) is 5.91. The zero-order valence-electron chi connectivity index (χ0n) is 21.5. The third-order valence-corrected chi connectivity index (χ3v) is 8.67. The highest BCUT2D eigenvalue weighted by Gasteiger charge is 2.57. The number of hydrogen-bond donors (Lipinski definition) is 2. The summed E-state index contributed by atoms with van der Waals surface area (Å²) in [5, 5.41) is 15.0. The van der Waals surface area contributed by atoms with Gasteiger partial charge in [0.2, 0.25) is 0 Å². The first kappa shape index (κ1) is 25.9. The number of benzene rings is 2. The Hall–Kier alpha value is -3.13. The van der Waals surface area contributed by atoms with E-state index >= 15 is 0 Å². The number of ether oxygens (including phenoxy) is 2. The van der Waals surface area contributed by atoms with Crippen LogP contribution in [0.5, 0.6) is 5.75 Å². The maximum atomic E-state index is 13.5. The Kier molecular flexibility index (Phi) is 7.83. The van der Waals surface area contributed by atoms with Crippen molar-refractivity contribution in [2.24, 2.45) is 16.9 Å². The van der Waals surface area contributed by atoms with Gasteiger partial charge in [-0.1, -0.05) is 50.8 Å². The number of anilines is 1. The highest BCUT2D eigenvalue weighted by atomic mass is 28.3. The van der Waals surface area contributed by atoms with Crippen molar-refractivity contribution in [3.8, 4) is 5.75 Å². The highest BCUT2D eigenvalue weighted by Crippen LogP contribution is 2.55. The van der Waals surface area contributed by atoms with E-state index in [9.17, 15) is 14.7 Å². The number of para-hydroxylation sites is 1. The van der Waals surface area contributed by atoms with Crippen molar-refractivity contribution in [1.29, 1.82) is 0 Å². The number of phenolic OH excluding ortho intramolecular Hbond substituents is 1. The van der Waals surface area contributed by atoms with Gasteiger partial charge in [-0.15, -0.1) is 0 Å². The van der Waals surface area contributed by atoms with Gasteiger partial charge in [-0.25, -0.2) is 0 Å². The average molecular weight is 509 g/mol. The molecule has 2 bridgehead atoms. The van der Waals surface area contributed by atoms with E-state index in [-0.39, 0.29) is 24.2 Å². The molecule has 0 radical (unpaired) electrons. The lowest BCUT2D eigenvalue weighted by Gasteiger charge is -2.47. The molecule has 3 aliphatic carbocycles. The largest absolute Gasteiger partial charge is 0.508 e. The number of phenols is 1. The van der Waals surface area contributed by atoms with Crippen molar-refractivity contribution in [2.45, 2.75) is 57.3 Å². The van der Waals surface area contributed by atoms with E-state index in [1.165, 1.54) is 0 Å². The summed E-state index contributed by atoms with van der Waals surface area (Å²) in [6.07, 6.45) is 1.21. The molecule has 7 nitrogen and oxygen atoms in total. The maximum absolute atomic E-state index is 13.5. The Balaban J connectivity index is 1.72. The van der Waals surface area contributed by atoms with Crippen molar-refractivity contribution in [2.75, 3.05) is 18.6 Å². The third kappa shape index (κ3) is 5.64. The van der Waals surface area contributed by atoms with Gasteiger partial charge >= 0.3 is 11.9 Å². The van der Waals surface area contributed by atoms with E-state index in [0.717, 1.165) is 28.6 Å². The predicted molar refractivity (Wildman–Crippen MR) is 143 cm³/mol. The van der Waals surface area contributed by atoms with Gasteiger partial charge < -0.3 is 14.6 Å². The van der Waals surface area contributed by atoms with E-state index in [2.05, 4.69) is 25.1 Å². The lowest BCUT2D eigenvalue weighted by Crippen LogP contribution is -2.51. The fourth-order valence-electron chi connectivity index (χ4n) is 5.20. The van der Waals surface area contributed by atoms with Crippen LogP contribution in [0.3, 0.4) is 0 Å². The zero-order valence-corrected chi connectivity index (χ0v) is 22.5. The van der Waals surface area contributed by atoms with Crippen LogP contribution >= 0.6 is 0 Å². The van der Waals surface area contributed by atoms with Gasteiger partial charge in [0.05, 0.1) is 30.7 Å². The Morgan fingerprint density at radius 1 is 1.00 bits per heavy atom. The molecule has 0 heterocycles. The number of aromatic hydroxyl groups is 1. The van der Waals surface area contributed by atoms with Crippen molar-refractivity contribution < 1.29 is 24.2 Å². The molecule has 192 valence electrons. The number of esters is 2. The molecule has 2 N–H and O–H groups in total. The van der Waals surface area contributed by atoms with Crippen molar-refractivity contribution in [3.63, 3.8) is 0 Å². The lowest BCUT2D eigenvalue weighted by atomic mass is 9.55. The normalized spacial score (nSPS) is 23.7. The molecular weight excluding hydrogens is 472 g/mol. The molecule has 0 aliphatic heterocycles. The van der Waals surface area contributed by atoms with Gasteiger partial charge in [-0.2, -0.15) is 5.10 Å². The number of fused-ring (bicyclic) bond motifs is 2. The summed E-state index contributed by atoms with van der Waals surface area (Å²) in [7, 11) is -1.39. The highest BCUT2D eigenvalue weighted by molar-refractivity contribution is 6.76. The minimum atomic E-state index is -1.39. The number of rotatable bonds is 9. The number of carbonyl (C=O) groups excluding carboxylic acids is 2. The van der Waals surface area contributed by atoms with Crippen LogP contribution in [0.15, 0.2) is 53.6 Å². The number of nitrogens with one attached hydrogen (secondary N) is 1. The van der Waals surface area contributed by atoms with E-state index in [1.54, 1.807) is 12.1 Å². The Morgan fingerprint density at radius 2 is 1.69 bits per heavy atom. The van der Waals surface area contributed by atoms with Gasteiger partial charge in [0.25, 0.3) is 0 Å². The van der Waals surface area contributed by atoms with E-state index < -0.39 is 31.8 Å². The van der Waals surface area contributed by atoms with E-state index in [4.69, 9.17) is 14.6 Å². The maximum Gasteiger partial charge on any atom is 0.310 e. The molecule has 2 aromatic carbocycles. The summed E-state index contributed by atoms with van der Waals surface area (Å²) in [5.74, 6) is -2.86. The van der Waals surface area contributed by atoms with Crippen LogP contribution in [0, 0.1) is 11.8 Å². The van der Waals surface area contributed by atoms with Crippen LogP contribution in [-0.2, 0) is 19.1 Å². The van der Waals surface area contributed by atoms with Crippen LogP contribution < -0.4 is 5.43 Å². The Morgan fingerprint density at radius 3 is 2.39 bits per heavy atom. The standard InChI is InChI=1S/C28H36N2O5Si/c1-5-13-34-28(33)26-24-21-16-19(31)11-12-20(21)22(25(26)27(32)35-14-15-36(2,3)4)17-23(24)30-29-18-9-7-6-8-10-18/h6-12,16,22,24-26,29,31H,5,13-15,17H2,1-4H3/b30-23+/t22?,24-,25?,26-/m1/s1. The Bertz CT molecular complexity index is 1130. The SMILES string of the molecule is CCCOC(=O)[C@H]1C(C(=O)OCC[Si](C)(C)C)C2C/C(=N\Nc3ccccc3)[C@H]1c1cc(O)ccc12. The first-order chi connectivity index (χ1) is 17.2. The molecule has 1 saturated carbocycles. The molecule has 2 unspecified atom stereocenters. The molecule has 5 rings (SSSR count). The molecule has 1 fully saturated rings. The Labute approximate surface area is 213 Å². The van der Waals surface area contributed by atoms with Crippen molar-refractivity contribution >= 4 is 31.4 Å². The minimum Gasteiger partial charge on any atom is -0.508 e. The van der Waals surface area contributed by atoms with Gasteiger partial charge in [-0.05, 0) is 54.3 Å². The van der Waals surface area contributed by atoms with Crippen LogP contribution in [0.4, 0.5) is 5.69 Å². The second kappa shape index (κ2) is 10.9. The van der Waals surface area contributed by atoms with Gasteiger partial charge in [-0.3, -0.25) is 15.0 Å². The predicted octanol–water partition coefficient (Wildman–Crippen LogP) is 5.51. The van der Waals surface area contributed by atoms with E-state index in [1.807, 2.05) is 43.3 Å². The van der Waals surface area contributed by atoms with Gasteiger partial charge in [0.1, 0.15) is 5.75 Å². The van der Waals surface area contributed by atoms with Crippen molar-refractivity contribution in [3.05, 3.63) is 59.7 Å². The molecular formula is C28H36N2O5Si. The van der Waals surface area contributed by atoms with E-state index in [0.29, 0.717) is 19.4 Å². The molecule has 8 heteroatoms. The lowest BCUT2D eigenvalue weighted by molar-refractivity contribution is -0.163. The summed E-state index contributed by atoms with van der Waals surface area (Å²) in [6.45, 7) is 9.29. The fraction of sp³-hybridized carbons (Fsp3) is 0.464. The van der Waals surface area contributed by atoms with Crippen LogP contribution in [-0.4, -0.2) is 44.0 Å². The van der Waals surface area contributed by atoms with Crippen LogP contribution in [0.2, 0.25) is 25.7 Å². The molecule has 0 saturated heterocycles. The summed E-state index contributed by atoms with van der Waals surface area (Å²) in [4.78, 5) is 27.0. The van der Waals surface area contributed by atoms with Crippen LogP contribution in [0.1, 0.15) is 42.7 Å². The molecule has 0 spiro atoms. The summed E-state index contributed by atoms with van der Waals surface area (Å²) in [5.41, 5.74) is 6.49. The zero-order chi connectivity index (χ0) is 25.9. The van der Waals surface area contributed by atoms with Crippen LogP contribution in [0.25, 0.3) is 0 Å². The number of carbonyl (C=O) groups is 2. The second-order valence-corrected chi connectivity index (χ2v) is 16.5. The van der Waals surface area contributed by atoms with Gasteiger partial charge in [0.15, 0.2) is 0 Å². The third-order valence-electron chi connectivity index (χ3n) is 6.96. The average Bonchev–Trinajstić information content (AvgIpc) is 2.85. The second-order valence-electron chi connectivity index (χ2n) is 10.9. The topological polar surface area (TPSA) is 97.2 Å². The van der Waals surface area contributed by atoms with Gasteiger partial charge in [0, 0.05) is 25.6 Å². The first-order valence-electron chi connectivity index (χ1n) is 12.7. The summed E-state index contributed by atoms with van der Waals surface area (Å²) < 4.78 is 11.4. The molecule has 3 aliphatic rings. The smallest absolute Gasteiger partial charge is 0.310 e. The molecule has 36 heavy (non-hydrogen) atoms. The molecule has 0 aromatic heterocycles.